The summed E-state index contributed by atoms with van der Waals surface area (Å²) in [5, 5.41) is 18.8. The van der Waals surface area contributed by atoms with Crippen LogP contribution < -0.4 is 5.32 Å². The summed E-state index contributed by atoms with van der Waals surface area (Å²) < 4.78 is 1.38. The van der Waals surface area contributed by atoms with Crippen molar-refractivity contribution in [2.45, 2.75) is 12.5 Å². The summed E-state index contributed by atoms with van der Waals surface area (Å²) in [5.41, 5.74) is 1.27. The van der Waals surface area contributed by atoms with Gasteiger partial charge in [-0.15, -0.1) is 26.4 Å². The maximum atomic E-state index is 6.15. The zero-order valence-corrected chi connectivity index (χ0v) is 11.6. The standard InChI is InChI=1S/C13H13ClN6/c1-13(9-14,10-5-3-2-4-6-10)15-11-7-8-12-16-18-19-20(12)17-11/h2-8H,9H2,1H3,(H,15,17). The highest BCUT2D eigenvalue weighted by molar-refractivity contribution is 6.18. The smallest absolute Gasteiger partial charge is 0.200 e. The first-order valence-electron chi connectivity index (χ1n) is 6.16. The van der Waals surface area contributed by atoms with Gasteiger partial charge in [0.1, 0.15) is 5.82 Å². The number of anilines is 1. The van der Waals surface area contributed by atoms with E-state index in [-0.39, 0.29) is 0 Å². The summed E-state index contributed by atoms with van der Waals surface area (Å²) in [6, 6.07) is 13.6. The van der Waals surface area contributed by atoms with Crippen LogP contribution in [0.1, 0.15) is 12.5 Å². The molecule has 102 valence electrons. The highest BCUT2D eigenvalue weighted by atomic mass is 35.5. The van der Waals surface area contributed by atoms with Gasteiger partial charge in [-0.05, 0) is 35.0 Å². The molecule has 0 radical (unpaired) electrons. The minimum atomic E-state index is -0.419. The van der Waals surface area contributed by atoms with Crippen LogP contribution in [0.25, 0.3) is 5.65 Å². The molecule has 0 saturated heterocycles. The lowest BCUT2D eigenvalue weighted by molar-refractivity contribution is 0.606. The van der Waals surface area contributed by atoms with Crippen molar-refractivity contribution in [2.75, 3.05) is 11.2 Å². The van der Waals surface area contributed by atoms with Crippen molar-refractivity contribution in [1.82, 2.24) is 25.3 Å². The van der Waals surface area contributed by atoms with Gasteiger partial charge in [0, 0.05) is 5.88 Å². The Balaban J connectivity index is 1.94. The average molecular weight is 289 g/mol. The van der Waals surface area contributed by atoms with Crippen molar-refractivity contribution in [3.8, 4) is 0 Å². The molecule has 3 rings (SSSR count). The van der Waals surface area contributed by atoms with Crippen molar-refractivity contribution >= 4 is 23.1 Å². The van der Waals surface area contributed by atoms with E-state index in [4.69, 9.17) is 11.6 Å². The summed E-state index contributed by atoms with van der Waals surface area (Å²) in [5.74, 6) is 1.07. The first kappa shape index (κ1) is 12.8. The Labute approximate surface area is 120 Å². The molecule has 7 heteroatoms. The molecule has 0 bridgehead atoms. The molecule has 1 atom stereocenters. The molecule has 0 aliphatic heterocycles. The third-order valence-electron chi connectivity index (χ3n) is 3.15. The SMILES string of the molecule is CC(CCl)(Nc1ccc2nnnn2n1)c1ccccc1. The van der Waals surface area contributed by atoms with E-state index in [9.17, 15) is 0 Å². The van der Waals surface area contributed by atoms with E-state index < -0.39 is 5.54 Å². The van der Waals surface area contributed by atoms with Gasteiger partial charge < -0.3 is 5.32 Å². The predicted octanol–water partition coefficient (Wildman–Crippen LogP) is 2.09. The molecule has 0 saturated carbocycles. The van der Waals surface area contributed by atoms with Crippen molar-refractivity contribution in [3.05, 3.63) is 48.0 Å². The Morgan fingerprint density at radius 3 is 2.75 bits per heavy atom. The number of alkyl halides is 1. The van der Waals surface area contributed by atoms with Crippen LogP contribution in [0.2, 0.25) is 0 Å². The minimum Gasteiger partial charge on any atom is -0.358 e. The molecule has 20 heavy (non-hydrogen) atoms. The highest BCUT2D eigenvalue weighted by Crippen LogP contribution is 2.26. The number of hydrogen-bond donors (Lipinski definition) is 1. The first-order chi connectivity index (χ1) is 9.71. The van der Waals surface area contributed by atoms with E-state index in [1.165, 1.54) is 4.63 Å². The zero-order chi connectivity index (χ0) is 14.0. The number of nitrogens with one attached hydrogen (secondary N) is 1. The van der Waals surface area contributed by atoms with Crippen LogP contribution >= 0.6 is 11.6 Å². The largest absolute Gasteiger partial charge is 0.358 e. The zero-order valence-electron chi connectivity index (χ0n) is 10.9. The fourth-order valence-corrected chi connectivity index (χ4v) is 2.21. The molecular weight excluding hydrogens is 276 g/mol. The fourth-order valence-electron chi connectivity index (χ4n) is 1.99. The van der Waals surface area contributed by atoms with Gasteiger partial charge in [0.05, 0.1) is 5.54 Å². The lowest BCUT2D eigenvalue weighted by Gasteiger charge is -2.29. The molecule has 0 aliphatic rings. The Kier molecular flexibility index (Phi) is 3.23. The number of benzene rings is 1. The van der Waals surface area contributed by atoms with E-state index in [0.717, 1.165) is 5.56 Å². The van der Waals surface area contributed by atoms with E-state index in [2.05, 4.69) is 25.9 Å². The minimum absolute atomic E-state index is 0.409. The van der Waals surface area contributed by atoms with Crippen LogP contribution in [0.4, 0.5) is 5.82 Å². The van der Waals surface area contributed by atoms with E-state index >= 15 is 0 Å². The van der Waals surface area contributed by atoms with Gasteiger partial charge in [-0.1, -0.05) is 30.3 Å². The summed E-state index contributed by atoms with van der Waals surface area (Å²) in [4.78, 5) is 0. The van der Waals surface area contributed by atoms with Crippen LogP contribution in [0.3, 0.4) is 0 Å². The molecular formula is C13H13ClN6. The Morgan fingerprint density at radius 2 is 2.00 bits per heavy atom. The molecule has 0 fully saturated rings. The van der Waals surface area contributed by atoms with Crippen LogP contribution in [0, 0.1) is 0 Å². The maximum absolute atomic E-state index is 6.15. The maximum Gasteiger partial charge on any atom is 0.200 e. The molecule has 0 aliphatic carbocycles. The molecule has 6 nitrogen and oxygen atoms in total. The lowest BCUT2D eigenvalue weighted by atomic mass is 9.94. The van der Waals surface area contributed by atoms with Crippen LogP contribution in [-0.2, 0) is 5.54 Å². The van der Waals surface area contributed by atoms with Crippen LogP contribution in [0.5, 0.6) is 0 Å². The summed E-state index contributed by atoms with van der Waals surface area (Å²) >= 11 is 6.15. The number of fused-ring (bicyclic) bond motifs is 1. The van der Waals surface area contributed by atoms with Crippen LogP contribution in [-0.4, -0.2) is 31.1 Å². The lowest BCUT2D eigenvalue weighted by Crippen LogP contribution is -2.34. The van der Waals surface area contributed by atoms with Gasteiger partial charge in [-0.3, -0.25) is 0 Å². The van der Waals surface area contributed by atoms with Crippen molar-refractivity contribution < 1.29 is 0 Å². The molecule has 1 N–H and O–H groups in total. The van der Waals surface area contributed by atoms with Gasteiger partial charge in [0.15, 0.2) is 5.65 Å². The third-order valence-corrected chi connectivity index (χ3v) is 3.69. The van der Waals surface area contributed by atoms with Gasteiger partial charge in [-0.25, -0.2) is 0 Å². The number of halogens is 1. The second-order valence-corrected chi connectivity index (χ2v) is 4.97. The monoisotopic (exact) mass is 288 g/mol. The van der Waals surface area contributed by atoms with Gasteiger partial charge in [-0.2, -0.15) is 0 Å². The van der Waals surface area contributed by atoms with Crippen molar-refractivity contribution in [1.29, 1.82) is 0 Å². The number of rotatable bonds is 4. The first-order valence-corrected chi connectivity index (χ1v) is 6.70. The topological polar surface area (TPSA) is 68.0 Å². The summed E-state index contributed by atoms with van der Waals surface area (Å²) in [6.45, 7) is 2.03. The van der Waals surface area contributed by atoms with Gasteiger partial charge in [0.2, 0.25) is 0 Å². The van der Waals surface area contributed by atoms with E-state index in [1.54, 1.807) is 6.07 Å². The number of hydrogen-bond acceptors (Lipinski definition) is 5. The molecule has 1 aromatic carbocycles. The quantitative estimate of drug-likeness (QED) is 0.745. The number of nitrogens with zero attached hydrogens (tertiary/aromatic N) is 5. The molecule has 0 spiro atoms. The Hall–Kier alpha value is -2.21. The van der Waals surface area contributed by atoms with E-state index in [1.807, 2.05) is 43.3 Å². The Bertz CT molecular complexity index is 713. The average Bonchev–Trinajstić information content (AvgIpc) is 2.95. The number of aromatic nitrogens is 5. The second-order valence-electron chi connectivity index (χ2n) is 4.70. The molecule has 2 heterocycles. The second kappa shape index (κ2) is 5.05. The number of tetrazole rings is 1. The van der Waals surface area contributed by atoms with Crippen LogP contribution in [0.15, 0.2) is 42.5 Å². The van der Waals surface area contributed by atoms with Gasteiger partial charge >= 0.3 is 0 Å². The van der Waals surface area contributed by atoms with E-state index in [0.29, 0.717) is 17.3 Å². The van der Waals surface area contributed by atoms with Gasteiger partial charge in [0.25, 0.3) is 0 Å². The highest BCUT2D eigenvalue weighted by Gasteiger charge is 2.25. The third kappa shape index (κ3) is 2.30. The van der Waals surface area contributed by atoms with Crippen molar-refractivity contribution in [2.24, 2.45) is 0 Å². The Morgan fingerprint density at radius 1 is 1.20 bits per heavy atom. The molecule has 3 aromatic rings. The summed E-state index contributed by atoms with van der Waals surface area (Å²) in [7, 11) is 0. The molecule has 0 amide bonds. The fraction of sp³-hybridized carbons (Fsp3) is 0.231. The normalized spacial score (nSPS) is 14.1. The summed E-state index contributed by atoms with van der Waals surface area (Å²) in [6.07, 6.45) is 0. The molecule has 1 unspecified atom stereocenters. The predicted molar refractivity (Wildman–Crippen MR) is 76.7 cm³/mol. The van der Waals surface area contributed by atoms with Crippen molar-refractivity contribution in [3.63, 3.8) is 0 Å². The molecule has 2 aromatic heterocycles.